The summed E-state index contributed by atoms with van der Waals surface area (Å²) in [6.45, 7) is 4.30. The molecule has 0 aromatic heterocycles. The molecule has 4 nitrogen and oxygen atoms in total. The lowest BCUT2D eigenvalue weighted by Crippen LogP contribution is -2.37. The Morgan fingerprint density at radius 2 is 1.94 bits per heavy atom. The van der Waals surface area contributed by atoms with Gasteiger partial charge in [-0.25, -0.2) is 0 Å². The second-order valence-electron chi connectivity index (χ2n) is 5.38. The average molecular weight is 246 g/mol. The standard InChI is InChI=1S/C14H22N4/c15-7-5-11-6-8-18(9-11)10-14-16-12-3-1-2-4-13(12)17-14/h1-4,11,14,16-17H,5-10,15H2. The van der Waals surface area contributed by atoms with Crippen LogP contribution in [0.1, 0.15) is 12.8 Å². The smallest absolute Gasteiger partial charge is 0.110 e. The predicted octanol–water partition coefficient (Wildman–Crippen LogP) is 1.52. The monoisotopic (exact) mass is 246 g/mol. The van der Waals surface area contributed by atoms with Gasteiger partial charge in [-0.05, 0) is 44.0 Å². The van der Waals surface area contributed by atoms with Crippen molar-refractivity contribution in [3.05, 3.63) is 24.3 Å². The lowest BCUT2D eigenvalue weighted by Gasteiger charge is -2.21. The third-order valence-electron chi connectivity index (χ3n) is 3.97. The van der Waals surface area contributed by atoms with Crippen LogP contribution in [0.3, 0.4) is 0 Å². The van der Waals surface area contributed by atoms with Crippen LogP contribution in [-0.4, -0.2) is 37.2 Å². The Bertz CT molecular complexity index is 382. The van der Waals surface area contributed by atoms with E-state index in [-0.39, 0.29) is 0 Å². The van der Waals surface area contributed by atoms with E-state index in [1.807, 2.05) is 0 Å². The van der Waals surface area contributed by atoms with Crippen LogP contribution in [0, 0.1) is 5.92 Å². The first-order valence-corrected chi connectivity index (χ1v) is 6.89. The van der Waals surface area contributed by atoms with E-state index in [0.717, 1.165) is 19.0 Å². The third-order valence-corrected chi connectivity index (χ3v) is 3.97. The molecule has 0 amide bonds. The van der Waals surface area contributed by atoms with Crippen LogP contribution in [-0.2, 0) is 0 Å². The van der Waals surface area contributed by atoms with Gasteiger partial charge in [0.25, 0.3) is 0 Å². The van der Waals surface area contributed by atoms with Gasteiger partial charge in [0, 0.05) is 13.1 Å². The van der Waals surface area contributed by atoms with Crippen molar-refractivity contribution in [2.24, 2.45) is 11.7 Å². The Hall–Kier alpha value is -1.26. The molecule has 2 heterocycles. The largest absolute Gasteiger partial charge is 0.363 e. The number of rotatable bonds is 4. The fraction of sp³-hybridized carbons (Fsp3) is 0.571. The van der Waals surface area contributed by atoms with Crippen LogP contribution in [0.2, 0.25) is 0 Å². The summed E-state index contributed by atoms with van der Waals surface area (Å²) in [6, 6.07) is 8.40. The summed E-state index contributed by atoms with van der Waals surface area (Å²) in [5.41, 5.74) is 8.08. The van der Waals surface area contributed by atoms with Gasteiger partial charge in [0.15, 0.2) is 0 Å². The second-order valence-corrected chi connectivity index (χ2v) is 5.38. The van der Waals surface area contributed by atoms with Gasteiger partial charge in [0.05, 0.1) is 11.4 Å². The van der Waals surface area contributed by atoms with Crippen LogP contribution in [0.15, 0.2) is 24.3 Å². The Morgan fingerprint density at radius 1 is 1.22 bits per heavy atom. The molecule has 1 atom stereocenters. The highest BCUT2D eigenvalue weighted by atomic mass is 15.3. The molecule has 1 unspecified atom stereocenters. The van der Waals surface area contributed by atoms with Crippen LogP contribution in [0.25, 0.3) is 0 Å². The fourth-order valence-electron chi connectivity index (χ4n) is 3.05. The number of nitrogens with one attached hydrogen (secondary N) is 2. The molecule has 1 saturated heterocycles. The van der Waals surface area contributed by atoms with Gasteiger partial charge < -0.3 is 16.4 Å². The number of likely N-dealkylation sites (tertiary alicyclic amines) is 1. The van der Waals surface area contributed by atoms with Gasteiger partial charge in [0.2, 0.25) is 0 Å². The van der Waals surface area contributed by atoms with Crippen LogP contribution >= 0.6 is 0 Å². The molecule has 1 aromatic carbocycles. The van der Waals surface area contributed by atoms with Crippen LogP contribution < -0.4 is 16.4 Å². The first-order chi connectivity index (χ1) is 8.85. The molecule has 0 bridgehead atoms. The summed E-state index contributed by atoms with van der Waals surface area (Å²) >= 11 is 0. The molecular weight excluding hydrogens is 224 g/mol. The van der Waals surface area contributed by atoms with Gasteiger partial charge in [-0.15, -0.1) is 0 Å². The van der Waals surface area contributed by atoms with E-state index in [0.29, 0.717) is 6.17 Å². The summed E-state index contributed by atoms with van der Waals surface area (Å²) in [7, 11) is 0. The summed E-state index contributed by atoms with van der Waals surface area (Å²) in [5.74, 6) is 0.804. The van der Waals surface area contributed by atoms with Crippen LogP contribution in [0.4, 0.5) is 11.4 Å². The van der Waals surface area contributed by atoms with Crippen molar-refractivity contribution in [2.75, 3.05) is 36.8 Å². The van der Waals surface area contributed by atoms with Gasteiger partial charge in [-0.1, -0.05) is 12.1 Å². The van der Waals surface area contributed by atoms with E-state index in [4.69, 9.17) is 5.73 Å². The molecule has 3 rings (SSSR count). The number of nitrogens with two attached hydrogens (primary N) is 1. The Labute approximate surface area is 109 Å². The van der Waals surface area contributed by atoms with Crippen molar-refractivity contribution >= 4 is 11.4 Å². The summed E-state index contributed by atoms with van der Waals surface area (Å²) in [4.78, 5) is 2.54. The van der Waals surface area contributed by atoms with Gasteiger partial charge in [0.1, 0.15) is 6.17 Å². The summed E-state index contributed by atoms with van der Waals surface area (Å²) < 4.78 is 0. The molecule has 0 aliphatic carbocycles. The Kier molecular flexibility index (Phi) is 3.39. The second kappa shape index (κ2) is 5.16. The van der Waals surface area contributed by atoms with E-state index < -0.39 is 0 Å². The van der Waals surface area contributed by atoms with E-state index >= 15 is 0 Å². The van der Waals surface area contributed by atoms with E-state index in [9.17, 15) is 0 Å². The zero-order chi connectivity index (χ0) is 12.4. The van der Waals surface area contributed by atoms with Crippen molar-refractivity contribution in [3.63, 3.8) is 0 Å². The zero-order valence-corrected chi connectivity index (χ0v) is 10.7. The van der Waals surface area contributed by atoms with Gasteiger partial charge >= 0.3 is 0 Å². The molecule has 4 heteroatoms. The molecule has 18 heavy (non-hydrogen) atoms. The maximum atomic E-state index is 5.63. The maximum absolute atomic E-state index is 5.63. The van der Waals surface area contributed by atoms with Crippen molar-refractivity contribution in [2.45, 2.75) is 19.0 Å². The lowest BCUT2D eigenvalue weighted by atomic mass is 10.1. The van der Waals surface area contributed by atoms with E-state index in [2.05, 4.69) is 39.8 Å². The highest BCUT2D eigenvalue weighted by molar-refractivity contribution is 5.74. The number of anilines is 2. The molecule has 2 aliphatic heterocycles. The van der Waals surface area contributed by atoms with Crippen molar-refractivity contribution in [3.8, 4) is 0 Å². The van der Waals surface area contributed by atoms with Crippen molar-refractivity contribution < 1.29 is 0 Å². The lowest BCUT2D eigenvalue weighted by molar-refractivity contribution is 0.315. The fourth-order valence-corrected chi connectivity index (χ4v) is 3.05. The van der Waals surface area contributed by atoms with E-state index in [1.165, 1.54) is 37.3 Å². The first-order valence-electron chi connectivity index (χ1n) is 6.89. The minimum atomic E-state index is 0.346. The minimum absolute atomic E-state index is 0.346. The number of fused-ring (bicyclic) bond motifs is 1. The normalized spacial score (nSPS) is 23.7. The molecule has 0 radical (unpaired) electrons. The highest BCUT2D eigenvalue weighted by Crippen LogP contribution is 2.29. The van der Waals surface area contributed by atoms with Gasteiger partial charge in [-0.3, -0.25) is 4.90 Å². The number of nitrogens with zero attached hydrogens (tertiary/aromatic N) is 1. The van der Waals surface area contributed by atoms with Gasteiger partial charge in [-0.2, -0.15) is 0 Å². The number of hydrogen-bond donors (Lipinski definition) is 3. The average Bonchev–Trinajstić information content (AvgIpc) is 2.96. The molecule has 1 aromatic rings. The zero-order valence-electron chi connectivity index (χ0n) is 10.7. The topological polar surface area (TPSA) is 53.3 Å². The number of para-hydroxylation sites is 2. The molecular formula is C14H22N4. The summed E-state index contributed by atoms with van der Waals surface area (Å²) in [6.07, 6.45) is 2.82. The summed E-state index contributed by atoms with van der Waals surface area (Å²) in [5, 5.41) is 7.06. The van der Waals surface area contributed by atoms with Crippen LogP contribution in [0.5, 0.6) is 0 Å². The molecule has 1 fully saturated rings. The molecule has 2 aliphatic rings. The molecule has 4 N–H and O–H groups in total. The van der Waals surface area contributed by atoms with Crippen molar-refractivity contribution in [1.29, 1.82) is 0 Å². The molecule has 0 saturated carbocycles. The SMILES string of the molecule is NCCC1CCN(CC2Nc3ccccc3N2)C1. The first kappa shape index (κ1) is 11.8. The minimum Gasteiger partial charge on any atom is -0.363 e. The number of hydrogen-bond acceptors (Lipinski definition) is 4. The predicted molar refractivity (Wildman–Crippen MR) is 75.7 cm³/mol. The molecule has 0 spiro atoms. The maximum Gasteiger partial charge on any atom is 0.110 e. The highest BCUT2D eigenvalue weighted by Gasteiger charge is 2.26. The van der Waals surface area contributed by atoms with Crippen molar-refractivity contribution in [1.82, 2.24) is 4.90 Å². The Balaban J connectivity index is 1.51. The third kappa shape index (κ3) is 2.44. The van der Waals surface area contributed by atoms with E-state index in [1.54, 1.807) is 0 Å². The quantitative estimate of drug-likeness (QED) is 0.754. The number of benzene rings is 1. The Morgan fingerprint density at radius 3 is 2.61 bits per heavy atom. The molecule has 98 valence electrons.